The van der Waals surface area contributed by atoms with Crippen molar-refractivity contribution in [3.05, 3.63) is 35.9 Å². The number of benzene rings is 1. The van der Waals surface area contributed by atoms with Gasteiger partial charge in [-0.05, 0) is 62.0 Å². The second kappa shape index (κ2) is 7.11. The average molecular weight is 340 g/mol. The molecule has 3 aliphatic rings. The van der Waals surface area contributed by atoms with Crippen LogP contribution in [-0.2, 0) is 4.79 Å². The molecular weight excluding hydrogens is 312 g/mol. The van der Waals surface area contributed by atoms with Gasteiger partial charge in [-0.3, -0.25) is 4.79 Å². The molecule has 4 rings (SSSR count). The molecule has 3 fully saturated rings. The maximum Gasteiger partial charge on any atom is 0.243 e. The molecule has 4 nitrogen and oxygen atoms in total. The smallest absolute Gasteiger partial charge is 0.243 e. The van der Waals surface area contributed by atoms with Crippen LogP contribution >= 0.6 is 0 Å². The van der Waals surface area contributed by atoms with Crippen LogP contribution in [0.5, 0.6) is 5.75 Å². The van der Waals surface area contributed by atoms with Crippen molar-refractivity contribution in [2.45, 2.75) is 32.1 Å². The summed E-state index contributed by atoms with van der Waals surface area (Å²) in [6.45, 7) is 2.81. The topological polar surface area (TPSA) is 41.6 Å². The first kappa shape index (κ1) is 16.5. The summed E-state index contributed by atoms with van der Waals surface area (Å²) in [5, 5.41) is 3.15. The van der Waals surface area contributed by atoms with Gasteiger partial charge < -0.3 is 15.0 Å². The van der Waals surface area contributed by atoms with Crippen molar-refractivity contribution in [1.82, 2.24) is 5.32 Å². The van der Waals surface area contributed by atoms with Crippen LogP contribution in [0.25, 0.3) is 0 Å². The Hall–Kier alpha value is -1.97. The number of rotatable bonds is 7. The van der Waals surface area contributed by atoms with E-state index in [9.17, 15) is 4.79 Å². The third kappa shape index (κ3) is 4.17. The maximum atomic E-state index is 12.3. The molecule has 1 heterocycles. The fourth-order valence-electron chi connectivity index (χ4n) is 3.89. The van der Waals surface area contributed by atoms with Crippen LogP contribution in [0.4, 0.5) is 5.69 Å². The van der Waals surface area contributed by atoms with Gasteiger partial charge >= 0.3 is 0 Å². The first-order chi connectivity index (χ1) is 12.2. The molecule has 1 aromatic rings. The minimum absolute atomic E-state index is 0.119. The molecule has 0 unspecified atom stereocenters. The molecule has 0 radical (unpaired) electrons. The highest BCUT2D eigenvalue weighted by Crippen LogP contribution is 2.48. The van der Waals surface area contributed by atoms with Crippen molar-refractivity contribution in [1.29, 1.82) is 0 Å². The number of nitrogens with one attached hydrogen (secondary N) is 1. The minimum Gasteiger partial charge on any atom is -0.497 e. The third-order valence-corrected chi connectivity index (χ3v) is 5.66. The summed E-state index contributed by atoms with van der Waals surface area (Å²) in [6, 6.07) is 8.22. The number of nitrogens with zero attached hydrogens (tertiary/aromatic N) is 1. The standard InChI is InChI=1S/C21H28N2O2/c1-25-19-4-2-3-18(11-19)23-10-9-15(14-23)13-22-21(24)12-20(16-5-6-16)17-7-8-17/h2-4,11-12,15-17H,5-10,13-14H2,1H3,(H,22,24)/t15-/m1/s1. The molecule has 25 heavy (non-hydrogen) atoms. The molecule has 0 aromatic heterocycles. The summed E-state index contributed by atoms with van der Waals surface area (Å²) < 4.78 is 5.32. The summed E-state index contributed by atoms with van der Waals surface area (Å²) in [6.07, 6.45) is 8.19. The number of carbonyl (C=O) groups is 1. The van der Waals surface area contributed by atoms with Gasteiger partial charge in [-0.2, -0.15) is 0 Å². The Morgan fingerprint density at radius 2 is 2.00 bits per heavy atom. The molecule has 0 bridgehead atoms. The lowest BCUT2D eigenvalue weighted by molar-refractivity contribution is -0.116. The van der Waals surface area contributed by atoms with Gasteiger partial charge in [0.25, 0.3) is 0 Å². The van der Waals surface area contributed by atoms with E-state index in [4.69, 9.17) is 4.74 Å². The van der Waals surface area contributed by atoms with Crippen molar-refractivity contribution < 1.29 is 9.53 Å². The van der Waals surface area contributed by atoms with Crippen LogP contribution in [0.15, 0.2) is 35.9 Å². The number of hydrogen-bond acceptors (Lipinski definition) is 3. The van der Waals surface area contributed by atoms with E-state index < -0.39 is 0 Å². The van der Waals surface area contributed by atoms with Crippen LogP contribution in [0, 0.1) is 17.8 Å². The van der Waals surface area contributed by atoms with Crippen LogP contribution in [0.1, 0.15) is 32.1 Å². The number of amides is 1. The van der Waals surface area contributed by atoms with Crippen molar-refractivity contribution in [2.24, 2.45) is 17.8 Å². The Kier molecular flexibility index (Phi) is 4.69. The lowest BCUT2D eigenvalue weighted by Crippen LogP contribution is -2.30. The minimum atomic E-state index is 0.119. The molecule has 1 amide bonds. The molecule has 134 valence electrons. The molecule has 1 atom stereocenters. The first-order valence-corrected chi connectivity index (χ1v) is 9.61. The number of allylic oxidation sites excluding steroid dienone is 1. The lowest BCUT2D eigenvalue weighted by atomic mass is 10.1. The second-order valence-electron chi connectivity index (χ2n) is 7.74. The van der Waals surface area contributed by atoms with E-state index in [-0.39, 0.29) is 5.91 Å². The van der Waals surface area contributed by atoms with E-state index in [1.165, 1.54) is 36.9 Å². The number of carbonyl (C=O) groups excluding carboxylic acids is 1. The van der Waals surface area contributed by atoms with Gasteiger partial charge in [-0.15, -0.1) is 0 Å². The zero-order valence-corrected chi connectivity index (χ0v) is 15.0. The summed E-state index contributed by atoms with van der Waals surface area (Å²) in [5.41, 5.74) is 2.64. The van der Waals surface area contributed by atoms with Gasteiger partial charge in [0.1, 0.15) is 5.75 Å². The summed E-state index contributed by atoms with van der Waals surface area (Å²) in [7, 11) is 1.70. The van der Waals surface area contributed by atoms with Gasteiger partial charge in [0.2, 0.25) is 5.91 Å². The molecule has 2 aliphatic carbocycles. The molecule has 1 aromatic carbocycles. The van der Waals surface area contributed by atoms with E-state index in [1.54, 1.807) is 7.11 Å². The highest BCUT2D eigenvalue weighted by molar-refractivity contribution is 5.88. The molecular formula is C21H28N2O2. The molecule has 1 N–H and O–H groups in total. The molecule has 1 aliphatic heterocycles. The van der Waals surface area contributed by atoms with Crippen LogP contribution < -0.4 is 15.0 Å². The molecule has 0 spiro atoms. The highest BCUT2D eigenvalue weighted by Gasteiger charge is 2.36. The van der Waals surface area contributed by atoms with Gasteiger partial charge in [-0.25, -0.2) is 0 Å². The predicted octanol–water partition coefficient (Wildman–Crippen LogP) is 3.38. The quantitative estimate of drug-likeness (QED) is 0.774. The van der Waals surface area contributed by atoms with Crippen LogP contribution in [-0.4, -0.2) is 32.7 Å². The van der Waals surface area contributed by atoms with Gasteiger partial charge in [0, 0.05) is 37.5 Å². The van der Waals surface area contributed by atoms with Crippen molar-refractivity contribution >= 4 is 11.6 Å². The number of ether oxygens (including phenoxy) is 1. The maximum absolute atomic E-state index is 12.3. The van der Waals surface area contributed by atoms with Crippen LogP contribution in [0.2, 0.25) is 0 Å². The third-order valence-electron chi connectivity index (χ3n) is 5.66. The number of anilines is 1. The SMILES string of the molecule is COc1cccc(N2CC[C@H](CNC(=O)C=C(C3CC3)C3CC3)C2)c1. The fraction of sp³-hybridized carbons (Fsp3) is 0.571. The molecule has 2 saturated carbocycles. The first-order valence-electron chi connectivity index (χ1n) is 9.61. The van der Waals surface area contributed by atoms with E-state index in [2.05, 4.69) is 22.3 Å². The Morgan fingerprint density at radius 1 is 1.24 bits per heavy atom. The van der Waals surface area contributed by atoms with Gasteiger partial charge in [-0.1, -0.05) is 11.6 Å². The van der Waals surface area contributed by atoms with Gasteiger partial charge in [0.15, 0.2) is 0 Å². The Labute approximate surface area is 150 Å². The number of methoxy groups -OCH3 is 1. The van der Waals surface area contributed by atoms with Gasteiger partial charge in [0.05, 0.1) is 7.11 Å². The predicted molar refractivity (Wildman–Crippen MR) is 99.9 cm³/mol. The molecule has 1 saturated heterocycles. The van der Waals surface area contributed by atoms with Crippen LogP contribution in [0.3, 0.4) is 0 Å². The summed E-state index contributed by atoms with van der Waals surface area (Å²) >= 11 is 0. The lowest BCUT2D eigenvalue weighted by Gasteiger charge is -2.19. The fourth-order valence-corrected chi connectivity index (χ4v) is 3.89. The molecule has 4 heteroatoms. The van der Waals surface area contributed by atoms with Crippen molar-refractivity contribution in [3.63, 3.8) is 0 Å². The second-order valence-corrected chi connectivity index (χ2v) is 7.74. The monoisotopic (exact) mass is 340 g/mol. The van der Waals surface area contributed by atoms with E-state index in [0.717, 1.165) is 31.8 Å². The van der Waals surface area contributed by atoms with Crippen molar-refractivity contribution in [3.8, 4) is 5.75 Å². The summed E-state index contributed by atoms with van der Waals surface area (Å²) in [4.78, 5) is 14.7. The Morgan fingerprint density at radius 3 is 2.68 bits per heavy atom. The summed E-state index contributed by atoms with van der Waals surface area (Å²) in [5.74, 6) is 2.97. The van der Waals surface area contributed by atoms with Crippen molar-refractivity contribution in [2.75, 3.05) is 31.6 Å². The zero-order valence-electron chi connectivity index (χ0n) is 15.0. The largest absolute Gasteiger partial charge is 0.497 e. The van der Waals surface area contributed by atoms with E-state index in [1.807, 2.05) is 18.2 Å². The Bertz CT molecular complexity index is 648. The normalized spacial score (nSPS) is 22.6. The zero-order chi connectivity index (χ0) is 17.2. The van der Waals surface area contributed by atoms with E-state index >= 15 is 0 Å². The van der Waals surface area contributed by atoms with E-state index in [0.29, 0.717) is 17.8 Å². The Balaban J connectivity index is 1.28. The highest BCUT2D eigenvalue weighted by atomic mass is 16.5. The average Bonchev–Trinajstić information content (AvgIpc) is 3.56. The number of hydrogen-bond donors (Lipinski definition) is 1.